The average molecular weight is 456 g/mol. The molecule has 33 heavy (non-hydrogen) atoms. The highest BCUT2D eigenvalue weighted by molar-refractivity contribution is 5.71. The molecule has 1 atom stereocenters. The van der Waals surface area contributed by atoms with Gasteiger partial charge in [-0.1, -0.05) is 30.3 Å². The molecule has 0 radical (unpaired) electrons. The van der Waals surface area contributed by atoms with Gasteiger partial charge in [-0.25, -0.2) is 4.98 Å². The van der Waals surface area contributed by atoms with Crippen LogP contribution in [0.1, 0.15) is 29.5 Å². The Hall–Kier alpha value is -3.06. The SMILES string of the molecule is Cc1ccccc1-c1ccc(N2CC[C@H](Oc3ccc(C(F)(F)F)cn3)C2)c(CCCN)c1. The lowest BCUT2D eigenvalue weighted by molar-refractivity contribution is -0.137. The molecule has 174 valence electrons. The smallest absolute Gasteiger partial charge is 0.417 e. The summed E-state index contributed by atoms with van der Waals surface area (Å²) in [5, 5.41) is 0. The average Bonchev–Trinajstić information content (AvgIpc) is 3.26. The summed E-state index contributed by atoms with van der Waals surface area (Å²) in [6.45, 7) is 4.20. The number of nitrogens with zero attached hydrogens (tertiary/aromatic N) is 2. The molecule has 3 aromatic rings. The maximum absolute atomic E-state index is 12.8. The Balaban J connectivity index is 1.50. The van der Waals surface area contributed by atoms with Crippen molar-refractivity contribution in [2.45, 2.75) is 38.5 Å². The fraction of sp³-hybridized carbons (Fsp3) is 0.346. The number of aryl methyl sites for hydroxylation is 2. The summed E-state index contributed by atoms with van der Waals surface area (Å²) in [5.41, 5.74) is 11.0. The van der Waals surface area contributed by atoms with Gasteiger partial charge in [-0.2, -0.15) is 13.2 Å². The molecule has 1 fully saturated rings. The topological polar surface area (TPSA) is 51.4 Å². The van der Waals surface area contributed by atoms with Crippen LogP contribution in [0.5, 0.6) is 5.88 Å². The van der Waals surface area contributed by atoms with E-state index in [-0.39, 0.29) is 12.0 Å². The zero-order chi connectivity index (χ0) is 23.4. The standard InChI is InChI=1S/C26H28F3N3O/c1-18-5-2-3-7-23(18)19-8-10-24(20(15-19)6-4-13-30)32-14-12-22(17-32)33-25-11-9-21(16-31-25)26(27,28)29/h2-3,5,7-11,15-16,22H,4,6,12-14,17,30H2,1H3/t22-/m0/s1. The van der Waals surface area contributed by atoms with Crippen molar-refractivity contribution in [1.29, 1.82) is 0 Å². The first kappa shape index (κ1) is 23.1. The van der Waals surface area contributed by atoms with Crippen molar-refractivity contribution in [1.82, 2.24) is 4.98 Å². The molecule has 4 rings (SSSR count). The van der Waals surface area contributed by atoms with E-state index in [1.54, 1.807) is 0 Å². The lowest BCUT2D eigenvalue weighted by atomic mass is 9.96. The normalized spacial score (nSPS) is 16.3. The predicted octanol–water partition coefficient (Wildman–Crippen LogP) is 5.62. The first-order valence-electron chi connectivity index (χ1n) is 11.2. The lowest BCUT2D eigenvalue weighted by Gasteiger charge is -2.23. The van der Waals surface area contributed by atoms with Crippen molar-refractivity contribution in [3.05, 3.63) is 77.5 Å². The Morgan fingerprint density at radius 3 is 2.64 bits per heavy atom. The van der Waals surface area contributed by atoms with Gasteiger partial charge < -0.3 is 15.4 Å². The van der Waals surface area contributed by atoms with Gasteiger partial charge in [0, 0.05) is 30.9 Å². The van der Waals surface area contributed by atoms with E-state index in [1.165, 1.54) is 28.3 Å². The number of aromatic nitrogens is 1. The third kappa shape index (κ3) is 5.47. The molecule has 4 nitrogen and oxygen atoms in total. The number of benzene rings is 2. The Kier molecular flexibility index (Phi) is 6.88. The van der Waals surface area contributed by atoms with Crippen molar-refractivity contribution in [2.75, 3.05) is 24.5 Å². The van der Waals surface area contributed by atoms with E-state index in [2.05, 4.69) is 47.1 Å². The molecule has 1 aromatic heterocycles. The van der Waals surface area contributed by atoms with Gasteiger partial charge in [0.1, 0.15) is 6.10 Å². The summed E-state index contributed by atoms with van der Waals surface area (Å²) in [6, 6.07) is 17.2. The lowest BCUT2D eigenvalue weighted by Crippen LogP contribution is -2.25. The van der Waals surface area contributed by atoms with Gasteiger partial charge in [0.2, 0.25) is 5.88 Å². The highest BCUT2D eigenvalue weighted by Crippen LogP contribution is 2.33. The third-order valence-corrected chi connectivity index (χ3v) is 6.02. The second-order valence-corrected chi connectivity index (χ2v) is 8.41. The predicted molar refractivity (Wildman–Crippen MR) is 124 cm³/mol. The van der Waals surface area contributed by atoms with Gasteiger partial charge in [0.25, 0.3) is 0 Å². The molecule has 2 heterocycles. The van der Waals surface area contributed by atoms with Crippen LogP contribution in [0.15, 0.2) is 60.8 Å². The molecule has 1 saturated heterocycles. The molecule has 2 aromatic carbocycles. The van der Waals surface area contributed by atoms with Crippen LogP contribution >= 0.6 is 0 Å². The summed E-state index contributed by atoms with van der Waals surface area (Å²) < 4.78 is 44.1. The van der Waals surface area contributed by atoms with E-state index in [1.807, 2.05) is 12.1 Å². The molecule has 0 amide bonds. The molecule has 0 spiro atoms. The Labute approximate surface area is 192 Å². The monoisotopic (exact) mass is 455 g/mol. The largest absolute Gasteiger partial charge is 0.472 e. The van der Waals surface area contributed by atoms with Crippen molar-refractivity contribution in [2.24, 2.45) is 5.73 Å². The van der Waals surface area contributed by atoms with E-state index in [4.69, 9.17) is 10.5 Å². The molecule has 0 aliphatic carbocycles. The van der Waals surface area contributed by atoms with Gasteiger partial charge in [-0.15, -0.1) is 0 Å². The Morgan fingerprint density at radius 1 is 1.12 bits per heavy atom. The quantitative estimate of drug-likeness (QED) is 0.502. The van der Waals surface area contributed by atoms with Crippen LogP contribution < -0.4 is 15.4 Å². The van der Waals surface area contributed by atoms with Crippen molar-refractivity contribution < 1.29 is 17.9 Å². The van der Waals surface area contributed by atoms with Crippen LogP contribution in [0, 0.1) is 6.92 Å². The summed E-state index contributed by atoms with van der Waals surface area (Å²) in [6.07, 6.45) is -1.16. The van der Waals surface area contributed by atoms with Crippen molar-refractivity contribution in [3.8, 4) is 17.0 Å². The maximum Gasteiger partial charge on any atom is 0.417 e. The number of ether oxygens (including phenoxy) is 1. The van der Waals surface area contributed by atoms with Crippen LogP contribution in [0.3, 0.4) is 0 Å². The van der Waals surface area contributed by atoms with Gasteiger partial charge in [-0.05, 0) is 66.8 Å². The van der Waals surface area contributed by atoms with Crippen LogP contribution in [0.25, 0.3) is 11.1 Å². The van der Waals surface area contributed by atoms with E-state index in [9.17, 15) is 13.2 Å². The number of hydrogen-bond acceptors (Lipinski definition) is 4. The first-order valence-corrected chi connectivity index (χ1v) is 11.2. The second-order valence-electron chi connectivity index (χ2n) is 8.41. The fourth-order valence-electron chi connectivity index (χ4n) is 4.28. The highest BCUT2D eigenvalue weighted by atomic mass is 19.4. The van der Waals surface area contributed by atoms with Crippen LogP contribution in [-0.4, -0.2) is 30.7 Å². The number of alkyl halides is 3. The van der Waals surface area contributed by atoms with Gasteiger partial charge in [0.15, 0.2) is 0 Å². The highest BCUT2D eigenvalue weighted by Gasteiger charge is 2.31. The molecule has 1 aliphatic rings. The molecule has 0 bridgehead atoms. The fourth-order valence-corrected chi connectivity index (χ4v) is 4.28. The van der Waals surface area contributed by atoms with Crippen LogP contribution in [-0.2, 0) is 12.6 Å². The zero-order valence-electron chi connectivity index (χ0n) is 18.6. The van der Waals surface area contributed by atoms with Crippen LogP contribution in [0.2, 0.25) is 0 Å². The van der Waals surface area contributed by atoms with Crippen LogP contribution in [0.4, 0.5) is 18.9 Å². The van der Waals surface area contributed by atoms with Crippen molar-refractivity contribution in [3.63, 3.8) is 0 Å². The van der Waals surface area contributed by atoms with E-state index in [0.717, 1.165) is 43.8 Å². The molecular formula is C26H28F3N3O. The summed E-state index contributed by atoms with van der Waals surface area (Å²) in [4.78, 5) is 6.12. The molecule has 0 saturated carbocycles. The molecule has 0 unspecified atom stereocenters. The van der Waals surface area contributed by atoms with Gasteiger partial charge in [0.05, 0.1) is 12.1 Å². The Morgan fingerprint density at radius 2 is 1.94 bits per heavy atom. The molecule has 1 aliphatic heterocycles. The summed E-state index contributed by atoms with van der Waals surface area (Å²) in [7, 11) is 0. The summed E-state index contributed by atoms with van der Waals surface area (Å²) in [5.74, 6) is 0.216. The number of hydrogen-bond donors (Lipinski definition) is 1. The Bertz CT molecular complexity index is 1080. The number of pyridine rings is 1. The number of nitrogens with two attached hydrogens (primary N) is 1. The maximum atomic E-state index is 12.8. The molecular weight excluding hydrogens is 427 g/mol. The van der Waals surface area contributed by atoms with Gasteiger partial charge >= 0.3 is 6.18 Å². The number of anilines is 1. The zero-order valence-corrected chi connectivity index (χ0v) is 18.6. The number of rotatable bonds is 7. The van der Waals surface area contributed by atoms with E-state index < -0.39 is 11.7 Å². The minimum absolute atomic E-state index is 0.132. The first-order chi connectivity index (χ1) is 15.8. The minimum atomic E-state index is -4.40. The third-order valence-electron chi connectivity index (χ3n) is 6.02. The van der Waals surface area contributed by atoms with Crippen molar-refractivity contribution >= 4 is 5.69 Å². The van der Waals surface area contributed by atoms with Gasteiger partial charge in [-0.3, -0.25) is 0 Å². The molecule has 7 heteroatoms. The number of halogens is 3. The molecule has 2 N–H and O–H groups in total. The minimum Gasteiger partial charge on any atom is -0.472 e. The van der Waals surface area contributed by atoms with E-state index in [0.29, 0.717) is 13.1 Å². The summed E-state index contributed by atoms with van der Waals surface area (Å²) >= 11 is 0. The second kappa shape index (κ2) is 9.83. The van der Waals surface area contributed by atoms with E-state index >= 15 is 0 Å².